The van der Waals surface area contributed by atoms with Crippen molar-refractivity contribution >= 4 is 17.2 Å². The van der Waals surface area contributed by atoms with Gasteiger partial charge in [0.2, 0.25) is 0 Å². The van der Waals surface area contributed by atoms with Crippen molar-refractivity contribution in [3.63, 3.8) is 0 Å². The highest BCUT2D eigenvalue weighted by molar-refractivity contribution is 5.88. The number of nitrogens with zero attached hydrogens (tertiary/aromatic N) is 1. The van der Waals surface area contributed by atoms with Crippen molar-refractivity contribution in [2.45, 2.75) is 0 Å². The number of aldehydes is 1. The van der Waals surface area contributed by atoms with E-state index >= 15 is 0 Å². The van der Waals surface area contributed by atoms with Gasteiger partial charge in [-0.2, -0.15) is 0 Å². The monoisotopic (exact) mass is 173 g/mol. The Morgan fingerprint density at radius 2 is 2.23 bits per heavy atom. The van der Waals surface area contributed by atoms with Crippen LogP contribution in [0.3, 0.4) is 0 Å². The predicted octanol–water partition coefficient (Wildman–Crippen LogP) is 1.75. The molecule has 0 fully saturated rings. The Morgan fingerprint density at radius 3 is 3.00 bits per heavy atom. The van der Waals surface area contributed by atoms with Crippen LogP contribution in [0, 0.1) is 0 Å². The summed E-state index contributed by atoms with van der Waals surface area (Å²) in [7, 11) is 0. The summed E-state index contributed by atoms with van der Waals surface area (Å²) >= 11 is 0. The molecular formula is C10H7NO2. The minimum atomic E-state index is 0.134. The average Bonchev–Trinajstić information content (AvgIpc) is 2.18. The molecule has 0 aliphatic heterocycles. The van der Waals surface area contributed by atoms with E-state index in [-0.39, 0.29) is 5.75 Å². The molecule has 2 aromatic rings. The highest BCUT2D eigenvalue weighted by Crippen LogP contribution is 2.21. The molecule has 64 valence electrons. The molecule has 13 heavy (non-hydrogen) atoms. The molecule has 1 N–H and O–H groups in total. The van der Waals surface area contributed by atoms with Gasteiger partial charge in [0.1, 0.15) is 11.3 Å². The highest BCUT2D eigenvalue weighted by Gasteiger charge is 2.00. The third-order valence-corrected chi connectivity index (χ3v) is 1.85. The predicted molar refractivity (Wildman–Crippen MR) is 48.8 cm³/mol. The van der Waals surface area contributed by atoms with Crippen LogP contribution in [0.5, 0.6) is 5.75 Å². The number of phenols is 1. The van der Waals surface area contributed by atoms with E-state index in [9.17, 15) is 9.90 Å². The quantitative estimate of drug-likeness (QED) is 0.668. The van der Waals surface area contributed by atoms with Gasteiger partial charge in [0.15, 0.2) is 6.29 Å². The molecule has 0 aliphatic rings. The molecule has 1 heterocycles. The Hall–Kier alpha value is -1.90. The molecule has 0 aliphatic carbocycles. The number of rotatable bonds is 1. The largest absolute Gasteiger partial charge is 0.506 e. The topological polar surface area (TPSA) is 50.2 Å². The van der Waals surface area contributed by atoms with Gasteiger partial charge in [-0.1, -0.05) is 12.1 Å². The molecule has 0 spiro atoms. The number of pyridine rings is 1. The first-order valence-electron chi connectivity index (χ1n) is 3.84. The molecular weight excluding hydrogens is 166 g/mol. The number of para-hydroxylation sites is 1. The van der Waals surface area contributed by atoms with Crippen LogP contribution >= 0.6 is 0 Å². The van der Waals surface area contributed by atoms with Gasteiger partial charge >= 0.3 is 0 Å². The number of aromatic hydroxyl groups is 1. The number of phenolic OH excluding ortho intramolecular Hbond substituents is 1. The van der Waals surface area contributed by atoms with Gasteiger partial charge in [0.25, 0.3) is 0 Å². The lowest BCUT2D eigenvalue weighted by atomic mass is 10.1. The standard InChI is InChI=1S/C10H7NO2/c12-6-7-4-8-2-1-3-9(13)10(8)11-5-7/h1-6,13H. The van der Waals surface area contributed by atoms with E-state index in [4.69, 9.17) is 0 Å². The minimum absolute atomic E-state index is 0.134. The summed E-state index contributed by atoms with van der Waals surface area (Å²) in [5, 5.41) is 10.2. The number of fused-ring (bicyclic) bond motifs is 1. The molecule has 0 unspecified atom stereocenters. The lowest BCUT2D eigenvalue weighted by Crippen LogP contribution is -1.84. The second-order valence-electron chi connectivity index (χ2n) is 2.74. The van der Waals surface area contributed by atoms with Gasteiger partial charge in [-0.05, 0) is 12.1 Å². The molecule has 0 saturated carbocycles. The van der Waals surface area contributed by atoms with Crippen molar-refractivity contribution in [1.29, 1.82) is 0 Å². The van der Waals surface area contributed by atoms with Crippen molar-refractivity contribution in [1.82, 2.24) is 4.98 Å². The van der Waals surface area contributed by atoms with Gasteiger partial charge in [-0.3, -0.25) is 9.78 Å². The Labute approximate surface area is 74.7 Å². The molecule has 3 nitrogen and oxygen atoms in total. The summed E-state index contributed by atoms with van der Waals surface area (Å²) in [4.78, 5) is 14.4. The fraction of sp³-hybridized carbons (Fsp3) is 0. The highest BCUT2D eigenvalue weighted by atomic mass is 16.3. The number of hydrogen-bond donors (Lipinski definition) is 1. The maximum atomic E-state index is 10.4. The maximum Gasteiger partial charge on any atom is 0.151 e. The average molecular weight is 173 g/mol. The summed E-state index contributed by atoms with van der Waals surface area (Å²) in [5.74, 6) is 0.134. The second kappa shape index (κ2) is 2.86. The van der Waals surface area contributed by atoms with Gasteiger partial charge in [-0.25, -0.2) is 0 Å². The summed E-state index contributed by atoms with van der Waals surface area (Å²) < 4.78 is 0. The van der Waals surface area contributed by atoms with E-state index in [1.807, 2.05) is 0 Å². The fourth-order valence-electron chi connectivity index (χ4n) is 1.23. The van der Waals surface area contributed by atoms with Crippen LogP contribution in [0.4, 0.5) is 0 Å². The Bertz CT molecular complexity index is 465. The summed E-state index contributed by atoms with van der Waals surface area (Å²) in [6.07, 6.45) is 2.17. The zero-order valence-electron chi connectivity index (χ0n) is 6.77. The van der Waals surface area contributed by atoms with E-state index < -0.39 is 0 Å². The van der Waals surface area contributed by atoms with Crippen molar-refractivity contribution in [3.05, 3.63) is 36.0 Å². The first-order chi connectivity index (χ1) is 6.31. The van der Waals surface area contributed by atoms with Crippen LogP contribution in [-0.2, 0) is 0 Å². The molecule has 1 aromatic carbocycles. The normalized spacial score (nSPS) is 10.2. The summed E-state index contributed by atoms with van der Waals surface area (Å²) in [6.45, 7) is 0. The van der Waals surface area contributed by atoms with Crippen molar-refractivity contribution in [3.8, 4) is 5.75 Å². The maximum absolute atomic E-state index is 10.4. The fourth-order valence-corrected chi connectivity index (χ4v) is 1.23. The number of hydrogen-bond acceptors (Lipinski definition) is 3. The third kappa shape index (κ3) is 1.24. The van der Waals surface area contributed by atoms with Gasteiger partial charge in [0.05, 0.1) is 0 Å². The number of benzene rings is 1. The van der Waals surface area contributed by atoms with Crippen LogP contribution in [-0.4, -0.2) is 16.4 Å². The van der Waals surface area contributed by atoms with Crippen LogP contribution in [0.2, 0.25) is 0 Å². The molecule has 0 amide bonds. The first kappa shape index (κ1) is 7.73. The third-order valence-electron chi connectivity index (χ3n) is 1.85. The Morgan fingerprint density at radius 1 is 1.38 bits per heavy atom. The SMILES string of the molecule is O=Cc1cnc2c(O)cccc2c1. The molecule has 0 bridgehead atoms. The number of aromatic nitrogens is 1. The molecule has 0 atom stereocenters. The Kier molecular flexibility index (Phi) is 1.70. The van der Waals surface area contributed by atoms with Gasteiger partial charge in [0, 0.05) is 17.1 Å². The minimum Gasteiger partial charge on any atom is -0.506 e. The number of carbonyl (C=O) groups is 1. The van der Waals surface area contributed by atoms with E-state index in [2.05, 4.69) is 4.98 Å². The van der Waals surface area contributed by atoms with E-state index in [0.29, 0.717) is 11.1 Å². The summed E-state index contributed by atoms with van der Waals surface area (Å²) in [6, 6.07) is 6.77. The van der Waals surface area contributed by atoms with Crippen LogP contribution in [0.25, 0.3) is 10.9 Å². The van der Waals surface area contributed by atoms with Crippen LogP contribution in [0.15, 0.2) is 30.5 Å². The van der Waals surface area contributed by atoms with Crippen molar-refractivity contribution < 1.29 is 9.90 Å². The Balaban J connectivity index is 2.79. The lowest BCUT2D eigenvalue weighted by molar-refractivity contribution is 0.112. The van der Waals surface area contributed by atoms with Crippen molar-refractivity contribution in [2.75, 3.05) is 0 Å². The van der Waals surface area contributed by atoms with Crippen LogP contribution in [0.1, 0.15) is 10.4 Å². The molecule has 2 rings (SSSR count). The zero-order chi connectivity index (χ0) is 9.26. The first-order valence-corrected chi connectivity index (χ1v) is 3.84. The lowest BCUT2D eigenvalue weighted by Gasteiger charge is -1.99. The zero-order valence-corrected chi connectivity index (χ0v) is 6.77. The number of carbonyl (C=O) groups excluding carboxylic acids is 1. The molecule has 3 heteroatoms. The van der Waals surface area contributed by atoms with Crippen molar-refractivity contribution in [2.24, 2.45) is 0 Å². The molecule has 1 aromatic heterocycles. The van der Waals surface area contributed by atoms with Gasteiger partial charge in [-0.15, -0.1) is 0 Å². The smallest absolute Gasteiger partial charge is 0.151 e. The molecule has 0 radical (unpaired) electrons. The van der Waals surface area contributed by atoms with E-state index in [1.54, 1.807) is 24.3 Å². The van der Waals surface area contributed by atoms with E-state index in [1.165, 1.54) is 6.20 Å². The van der Waals surface area contributed by atoms with Gasteiger partial charge < -0.3 is 5.11 Å². The van der Waals surface area contributed by atoms with Crippen LogP contribution < -0.4 is 0 Å². The molecule has 0 saturated heterocycles. The summed E-state index contributed by atoms with van der Waals surface area (Å²) in [5.41, 5.74) is 1.03. The second-order valence-corrected chi connectivity index (χ2v) is 2.74. The van der Waals surface area contributed by atoms with E-state index in [0.717, 1.165) is 11.7 Å².